The van der Waals surface area contributed by atoms with Crippen molar-refractivity contribution in [2.45, 2.75) is 25.7 Å². The molecule has 2 aromatic carbocycles. The second-order valence-electron chi connectivity index (χ2n) is 7.12. The van der Waals surface area contributed by atoms with E-state index < -0.39 is 0 Å². The largest absolute Gasteiger partial charge is 0.497 e. The molecule has 1 atom stereocenters. The van der Waals surface area contributed by atoms with Gasteiger partial charge in [0.1, 0.15) is 5.75 Å². The summed E-state index contributed by atoms with van der Waals surface area (Å²) in [5, 5.41) is 2.74. The molecule has 0 saturated carbocycles. The Balaban J connectivity index is 1.57. The van der Waals surface area contributed by atoms with E-state index in [1.165, 1.54) is 6.20 Å². The zero-order chi connectivity index (χ0) is 20.4. The summed E-state index contributed by atoms with van der Waals surface area (Å²) in [6.45, 7) is 1.88. The van der Waals surface area contributed by atoms with Crippen molar-refractivity contribution in [2.75, 3.05) is 12.4 Å². The number of nitrogens with one attached hydrogen (secondary N) is 1. The Labute approximate surface area is 169 Å². The molecule has 1 aliphatic carbocycles. The van der Waals surface area contributed by atoms with Crippen molar-refractivity contribution in [2.24, 2.45) is 0 Å². The summed E-state index contributed by atoms with van der Waals surface area (Å²) in [5.74, 6) is 0.775. The summed E-state index contributed by atoms with van der Waals surface area (Å²) in [4.78, 5) is 33.8. The van der Waals surface area contributed by atoms with Crippen LogP contribution in [0, 0.1) is 6.92 Å². The van der Waals surface area contributed by atoms with Crippen LogP contribution in [0.1, 0.15) is 49.9 Å². The minimum atomic E-state index is -0.267. The molecule has 6 heteroatoms. The first-order chi connectivity index (χ1) is 14.0. The number of amides is 1. The van der Waals surface area contributed by atoms with E-state index in [2.05, 4.69) is 15.3 Å². The van der Waals surface area contributed by atoms with Gasteiger partial charge in [-0.1, -0.05) is 30.3 Å². The summed E-state index contributed by atoms with van der Waals surface area (Å²) >= 11 is 0. The quantitative estimate of drug-likeness (QED) is 0.733. The van der Waals surface area contributed by atoms with E-state index in [0.29, 0.717) is 29.7 Å². The molecule has 0 fully saturated rings. The number of rotatable bonds is 4. The number of benzene rings is 2. The number of hydrogen-bond donors (Lipinski definition) is 1. The van der Waals surface area contributed by atoms with Gasteiger partial charge in [-0.3, -0.25) is 14.9 Å². The maximum atomic E-state index is 12.6. The lowest BCUT2D eigenvalue weighted by Crippen LogP contribution is -2.22. The van der Waals surface area contributed by atoms with E-state index in [0.717, 1.165) is 16.9 Å². The molecule has 1 aliphatic rings. The SMILES string of the molecule is COc1ccc(C2CC(=O)c3cnc(NC(=O)c4ccccc4C)nc3C2)cc1. The number of aromatic nitrogens is 2. The van der Waals surface area contributed by atoms with Crippen LogP contribution in [-0.4, -0.2) is 28.8 Å². The first kappa shape index (κ1) is 18.8. The van der Waals surface area contributed by atoms with E-state index in [1.54, 1.807) is 13.2 Å². The number of carbonyl (C=O) groups excluding carboxylic acids is 2. The molecule has 1 aromatic heterocycles. The maximum Gasteiger partial charge on any atom is 0.258 e. The molecule has 1 amide bonds. The van der Waals surface area contributed by atoms with Crippen LogP contribution in [-0.2, 0) is 6.42 Å². The minimum absolute atomic E-state index is 0.0175. The second kappa shape index (κ2) is 7.83. The van der Waals surface area contributed by atoms with Crippen molar-refractivity contribution in [3.05, 3.63) is 82.7 Å². The van der Waals surface area contributed by atoms with Gasteiger partial charge in [-0.25, -0.2) is 9.97 Å². The second-order valence-corrected chi connectivity index (χ2v) is 7.12. The lowest BCUT2D eigenvalue weighted by molar-refractivity contribution is 0.0962. The molecule has 0 radical (unpaired) electrons. The number of methoxy groups -OCH3 is 1. The highest BCUT2D eigenvalue weighted by molar-refractivity contribution is 6.04. The highest BCUT2D eigenvalue weighted by Gasteiger charge is 2.28. The number of aryl methyl sites for hydroxylation is 1. The molecule has 1 N–H and O–H groups in total. The molecule has 29 heavy (non-hydrogen) atoms. The Hall–Kier alpha value is -3.54. The molecule has 4 rings (SSSR count). The van der Waals surface area contributed by atoms with Crippen LogP contribution < -0.4 is 10.1 Å². The zero-order valence-corrected chi connectivity index (χ0v) is 16.3. The van der Waals surface area contributed by atoms with Gasteiger partial charge < -0.3 is 4.74 Å². The molecular formula is C23H21N3O3. The molecule has 0 spiro atoms. The molecule has 0 saturated heterocycles. The minimum Gasteiger partial charge on any atom is -0.497 e. The number of ketones is 1. The molecule has 0 aliphatic heterocycles. The summed E-state index contributed by atoms with van der Waals surface area (Å²) in [6.07, 6.45) is 2.54. The molecule has 1 heterocycles. The first-order valence-corrected chi connectivity index (χ1v) is 9.45. The normalized spacial score (nSPS) is 15.5. The Morgan fingerprint density at radius 3 is 2.59 bits per heavy atom. The van der Waals surface area contributed by atoms with Crippen LogP contribution in [0.3, 0.4) is 0 Å². The van der Waals surface area contributed by atoms with Crippen LogP contribution in [0.2, 0.25) is 0 Å². The van der Waals surface area contributed by atoms with Gasteiger partial charge in [-0.15, -0.1) is 0 Å². The van der Waals surface area contributed by atoms with Crippen molar-refractivity contribution in [1.82, 2.24) is 9.97 Å². The predicted octanol–water partition coefficient (Wildman–Crippen LogP) is 3.96. The Bertz CT molecular complexity index is 1080. The fourth-order valence-electron chi connectivity index (χ4n) is 3.61. The van der Waals surface area contributed by atoms with E-state index in [4.69, 9.17) is 4.74 Å². The summed E-state index contributed by atoms with van der Waals surface area (Å²) < 4.78 is 5.20. The van der Waals surface area contributed by atoms with Crippen molar-refractivity contribution in [3.63, 3.8) is 0 Å². The third-order valence-corrected chi connectivity index (χ3v) is 5.24. The number of Topliss-reactive ketones (excluding diaryl/α,β-unsaturated/α-hetero) is 1. The Morgan fingerprint density at radius 1 is 1.10 bits per heavy atom. The number of anilines is 1. The van der Waals surface area contributed by atoms with Crippen molar-refractivity contribution < 1.29 is 14.3 Å². The number of nitrogens with zero attached hydrogens (tertiary/aromatic N) is 2. The van der Waals surface area contributed by atoms with Gasteiger partial charge in [0.15, 0.2) is 5.78 Å². The van der Waals surface area contributed by atoms with Gasteiger partial charge >= 0.3 is 0 Å². The summed E-state index contributed by atoms with van der Waals surface area (Å²) in [5.41, 5.74) is 3.70. The van der Waals surface area contributed by atoms with E-state index in [-0.39, 0.29) is 23.6 Å². The van der Waals surface area contributed by atoms with Gasteiger partial charge in [0, 0.05) is 18.2 Å². The molecular weight excluding hydrogens is 366 g/mol. The fourth-order valence-corrected chi connectivity index (χ4v) is 3.61. The van der Waals surface area contributed by atoms with E-state index in [1.807, 2.05) is 49.4 Å². The van der Waals surface area contributed by atoms with Crippen LogP contribution >= 0.6 is 0 Å². The lowest BCUT2D eigenvalue weighted by atomic mass is 9.82. The third kappa shape index (κ3) is 3.87. The molecule has 3 aromatic rings. The van der Waals surface area contributed by atoms with E-state index >= 15 is 0 Å². The fraction of sp³-hybridized carbons (Fsp3) is 0.217. The van der Waals surface area contributed by atoms with Gasteiger partial charge in [0.2, 0.25) is 5.95 Å². The van der Waals surface area contributed by atoms with Gasteiger partial charge in [0.05, 0.1) is 18.4 Å². The van der Waals surface area contributed by atoms with Crippen molar-refractivity contribution >= 4 is 17.6 Å². The number of hydrogen-bond acceptors (Lipinski definition) is 5. The monoisotopic (exact) mass is 387 g/mol. The maximum absolute atomic E-state index is 12.6. The highest BCUT2D eigenvalue weighted by Crippen LogP contribution is 2.32. The standard InChI is InChI=1S/C23H21N3O3/c1-14-5-3-4-6-18(14)22(28)26-23-24-13-19-20(25-23)11-16(12-21(19)27)15-7-9-17(29-2)10-8-15/h3-10,13,16H,11-12H2,1-2H3,(H,24,25,26,28). The average molecular weight is 387 g/mol. The number of fused-ring (bicyclic) bond motifs is 1. The Kier molecular flexibility index (Phi) is 5.08. The van der Waals surface area contributed by atoms with Crippen molar-refractivity contribution in [1.29, 1.82) is 0 Å². The smallest absolute Gasteiger partial charge is 0.258 e. The topological polar surface area (TPSA) is 81.2 Å². The summed E-state index contributed by atoms with van der Waals surface area (Å²) in [7, 11) is 1.62. The number of carbonyl (C=O) groups is 2. The summed E-state index contributed by atoms with van der Waals surface area (Å²) in [6, 6.07) is 15.1. The molecule has 1 unspecified atom stereocenters. The molecule has 146 valence electrons. The van der Waals surface area contributed by atoms with Crippen LogP contribution in [0.4, 0.5) is 5.95 Å². The third-order valence-electron chi connectivity index (χ3n) is 5.24. The number of ether oxygens (including phenoxy) is 1. The van der Waals surface area contributed by atoms with Crippen molar-refractivity contribution in [3.8, 4) is 5.75 Å². The van der Waals surface area contributed by atoms with Crippen LogP contribution in [0.5, 0.6) is 5.75 Å². The highest BCUT2D eigenvalue weighted by atomic mass is 16.5. The lowest BCUT2D eigenvalue weighted by Gasteiger charge is -2.23. The zero-order valence-electron chi connectivity index (χ0n) is 16.3. The molecule has 0 bridgehead atoms. The van der Waals surface area contributed by atoms with Gasteiger partial charge in [-0.2, -0.15) is 0 Å². The van der Waals surface area contributed by atoms with Crippen LogP contribution in [0.25, 0.3) is 0 Å². The molecule has 6 nitrogen and oxygen atoms in total. The first-order valence-electron chi connectivity index (χ1n) is 9.45. The van der Waals surface area contributed by atoms with Gasteiger partial charge in [-0.05, 0) is 48.6 Å². The average Bonchev–Trinajstić information content (AvgIpc) is 2.73. The predicted molar refractivity (Wildman–Crippen MR) is 110 cm³/mol. The Morgan fingerprint density at radius 2 is 1.86 bits per heavy atom. The van der Waals surface area contributed by atoms with E-state index in [9.17, 15) is 9.59 Å². The van der Waals surface area contributed by atoms with Crippen LogP contribution in [0.15, 0.2) is 54.7 Å². The van der Waals surface area contributed by atoms with Gasteiger partial charge in [0.25, 0.3) is 5.91 Å².